The maximum atomic E-state index is 5.63. The largest absolute Gasteiger partial charge is 0.491 e. The van der Waals surface area contributed by atoms with Crippen LogP contribution in [0.25, 0.3) is 0 Å². The molecule has 2 heterocycles. The highest BCUT2D eigenvalue weighted by atomic mass is 32.2. The molecule has 1 atom stereocenters. The van der Waals surface area contributed by atoms with Crippen molar-refractivity contribution in [3.8, 4) is 0 Å². The fourth-order valence-corrected chi connectivity index (χ4v) is 4.08. The minimum atomic E-state index is -0.222. The average Bonchev–Trinajstić information content (AvgIpc) is 2.69. The third-order valence-corrected chi connectivity index (χ3v) is 5.08. The maximum absolute atomic E-state index is 5.63. The molecule has 0 aromatic carbocycles. The van der Waals surface area contributed by atoms with Crippen LogP contribution in [-0.4, -0.2) is 6.10 Å². The van der Waals surface area contributed by atoms with Gasteiger partial charge in [-0.25, -0.2) is 0 Å². The van der Waals surface area contributed by atoms with Crippen molar-refractivity contribution in [3.05, 3.63) is 40.2 Å². The summed E-state index contributed by atoms with van der Waals surface area (Å²) in [7, 11) is -0.222. The van der Waals surface area contributed by atoms with E-state index in [-0.39, 0.29) is 17.0 Å². The Labute approximate surface area is 91.4 Å². The number of hydrogen-bond donors (Lipinski definition) is 1. The van der Waals surface area contributed by atoms with Crippen molar-refractivity contribution in [1.29, 1.82) is 0 Å². The summed E-state index contributed by atoms with van der Waals surface area (Å²) in [6, 6.07) is 4.29. The van der Waals surface area contributed by atoms with Gasteiger partial charge in [-0.05, 0) is 36.8 Å². The molecule has 0 saturated heterocycles. The first-order chi connectivity index (χ1) is 6.75. The zero-order chi connectivity index (χ0) is 9.97. The topological polar surface area (TPSA) is 9.23 Å². The van der Waals surface area contributed by atoms with Gasteiger partial charge in [0.1, 0.15) is 5.76 Å². The summed E-state index contributed by atoms with van der Waals surface area (Å²) >= 11 is 1.82. The molecule has 1 aliphatic heterocycles. The van der Waals surface area contributed by atoms with E-state index in [4.69, 9.17) is 4.74 Å². The second kappa shape index (κ2) is 4.24. The van der Waals surface area contributed by atoms with Crippen LogP contribution in [0.15, 0.2) is 44.4 Å². The highest BCUT2D eigenvalue weighted by Gasteiger charge is 2.10. The first-order valence-corrected chi connectivity index (χ1v) is 7.00. The zero-order valence-corrected chi connectivity index (χ0v) is 10.0. The van der Waals surface area contributed by atoms with Gasteiger partial charge in [0.05, 0.1) is 6.10 Å². The quantitative estimate of drug-likeness (QED) is 0.769. The Morgan fingerprint density at radius 2 is 2.29 bits per heavy atom. The lowest BCUT2D eigenvalue weighted by atomic mass is 10.4. The van der Waals surface area contributed by atoms with Crippen LogP contribution in [-0.2, 0) is 4.74 Å². The molecule has 1 unspecified atom stereocenters. The third-order valence-electron chi connectivity index (χ3n) is 1.80. The Kier molecular flexibility index (Phi) is 2.99. The molecule has 0 bridgehead atoms. The molecule has 76 valence electrons. The summed E-state index contributed by atoms with van der Waals surface area (Å²) in [4.78, 5) is 0. The summed E-state index contributed by atoms with van der Waals surface area (Å²) in [6.45, 7) is 4.11. The van der Waals surface area contributed by atoms with Crippen LogP contribution in [0.4, 0.5) is 0 Å². The van der Waals surface area contributed by atoms with Crippen molar-refractivity contribution < 1.29 is 4.74 Å². The van der Waals surface area contributed by atoms with Crippen LogP contribution in [0.3, 0.4) is 0 Å². The van der Waals surface area contributed by atoms with E-state index in [1.807, 2.05) is 11.3 Å². The van der Waals surface area contributed by atoms with Gasteiger partial charge in [0.15, 0.2) is 0 Å². The lowest BCUT2D eigenvalue weighted by molar-refractivity contribution is 0.159. The number of rotatable bonds is 3. The van der Waals surface area contributed by atoms with Crippen molar-refractivity contribution >= 4 is 22.2 Å². The molecule has 0 fully saturated rings. The van der Waals surface area contributed by atoms with Crippen LogP contribution in [0.1, 0.15) is 13.8 Å². The predicted molar refractivity (Wildman–Crippen MR) is 65.0 cm³/mol. The molecular weight excluding hydrogens is 212 g/mol. The molecule has 2 rings (SSSR count). The van der Waals surface area contributed by atoms with Crippen LogP contribution in [0, 0.1) is 0 Å². The van der Waals surface area contributed by atoms with E-state index < -0.39 is 0 Å². The Morgan fingerprint density at radius 3 is 2.93 bits per heavy atom. The summed E-state index contributed by atoms with van der Waals surface area (Å²) in [6.07, 6.45) is 2.36. The van der Waals surface area contributed by atoms with Crippen molar-refractivity contribution in [2.45, 2.75) is 24.2 Å². The van der Waals surface area contributed by atoms with Gasteiger partial charge >= 0.3 is 0 Å². The minimum absolute atomic E-state index is 0.222. The van der Waals surface area contributed by atoms with Crippen LogP contribution >= 0.6 is 22.2 Å². The summed E-state index contributed by atoms with van der Waals surface area (Å²) in [5.41, 5.74) is 0. The lowest BCUT2D eigenvalue weighted by Gasteiger charge is -2.09. The maximum Gasteiger partial charge on any atom is 0.125 e. The Hall–Kier alpha value is -0.670. The van der Waals surface area contributed by atoms with Crippen LogP contribution < -0.4 is 0 Å². The van der Waals surface area contributed by atoms with Gasteiger partial charge in [0, 0.05) is 9.62 Å². The summed E-state index contributed by atoms with van der Waals surface area (Å²) < 4.78 is 7.08. The fraction of sp³-hybridized carbons (Fsp3) is 0.273. The van der Waals surface area contributed by atoms with E-state index in [1.165, 1.54) is 4.21 Å². The molecule has 0 amide bonds. The third kappa shape index (κ3) is 2.22. The smallest absolute Gasteiger partial charge is 0.125 e. The van der Waals surface area contributed by atoms with E-state index in [0.717, 1.165) is 5.76 Å². The molecular formula is C11H14OS2. The second-order valence-electron chi connectivity index (χ2n) is 3.37. The number of hydrogen-bond acceptors (Lipinski definition) is 2. The fourth-order valence-electron chi connectivity index (χ4n) is 1.27. The van der Waals surface area contributed by atoms with Crippen molar-refractivity contribution in [2.75, 3.05) is 0 Å². The first kappa shape index (κ1) is 9.87. The molecule has 0 N–H and O–H groups in total. The number of ether oxygens (including phenoxy) is 1. The van der Waals surface area contributed by atoms with Gasteiger partial charge in [-0.2, -0.15) is 10.9 Å². The number of allylic oxidation sites excluding steroid dienone is 1. The molecule has 0 spiro atoms. The monoisotopic (exact) mass is 226 g/mol. The minimum Gasteiger partial charge on any atom is -0.491 e. The highest BCUT2D eigenvalue weighted by Crippen LogP contribution is 2.46. The molecule has 3 heteroatoms. The van der Waals surface area contributed by atoms with Crippen LogP contribution in [0.5, 0.6) is 0 Å². The molecule has 1 aromatic rings. The van der Waals surface area contributed by atoms with Gasteiger partial charge in [0.2, 0.25) is 0 Å². The van der Waals surface area contributed by atoms with Gasteiger partial charge in [-0.3, -0.25) is 0 Å². The molecule has 14 heavy (non-hydrogen) atoms. The van der Waals surface area contributed by atoms with Crippen molar-refractivity contribution in [1.82, 2.24) is 0 Å². The Bertz CT molecular complexity index is 349. The van der Waals surface area contributed by atoms with Gasteiger partial charge in [-0.15, -0.1) is 11.3 Å². The van der Waals surface area contributed by atoms with E-state index in [0.29, 0.717) is 0 Å². The van der Waals surface area contributed by atoms with Crippen LogP contribution in [0.2, 0.25) is 0 Å². The predicted octanol–water partition coefficient (Wildman–Crippen LogP) is 3.90. The molecule has 0 aliphatic carbocycles. The van der Waals surface area contributed by atoms with E-state index in [9.17, 15) is 0 Å². The van der Waals surface area contributed by atoms with Gasteiger partial charge in [0.25, 0.3) is 0 Å². The Morgan fingerprint density at radius 1 is 1.43 bits per heavy atom. The van der Waals surface area contributed by atoms with E-state index >= 15 is 0 Å². The SMILES string of the molecule is CC(C)OC1=C[SH](c2cccs2)C=C1. The Balaban J connectivity index is 2.07. The normalized spacial score (nSPS) is 22.8. The van der Waals surface area contributed by atoms with Crippen molar-refractivity contribution in [2.24, 2.45) is 0 Å². The molecule has 0 saturated carbocycles. The molecule has 1 nitrogen and oxygen atoms in total. The van der Waals surface area contributed by atoms with Gasteiger partial charge in [-0.1, -0.05) is 6.07 Å². The standard InChI is InChI=1S/C11H14OS2/c1-9(2)12-10-5-7-14(8-10)11-4-3-6-13-11/h3-9,14H,1-2H3. The molecule has 0 radical (unpaired) electrons. The molecule has 1 aliphatic rings. The zero-order valence-electron chi connectivity index (χ0n) is 8.31. The van der Waals surface area contributed by atoms with E-state index in [2.05, 4.69) is 48.3 Å². The first-order valence-electron chi connectivity index (χ1n) is 4.64. The molecule has 1 aromatic heterocycles. The lowest BCUT2D eigenvalue weighted by Crippen LogP contribution is -1.99. The number of thiophene rings is 1. The summed E-state index contributed by atoms with van der Waals surface area (Å²) in [5, 5.41) is 6.61. The summed E-state index contributed by atoms with van der Waals surface area (Å²) in [5.74, 6) is 1.03. The average molecular weight is 226 g/mol. The van der Waals surface area contributed by atoms with E-state index in [1.54, 1.807) is 0 Å². The second-order valence-corrected chi connectivity index (χ2v) is 6.48. The number of thiol groups is 1. The van der Waals surface area contributed by atoms with Gasteiger partial charge < -0.3 is 4.74 Å². The van der Waals surface area contributed by atoms with Crippen molar-refractivity contribution in [3.63, 3.8) is 0 Å². The highest BCUT2D eigenvalue weighted by molar-refractivity contribution is 8.23.